The van der Waals surface area contributed by atoms with Gasteiger partial charge >= 0.3 is 0 Å². The van der Waals surface area contributed by atoms with Gasteiger partial charge in [-0.15, -0.1) is 0 Å². The molecule has 1 aromatic rings. The molecular formula is C16H25N3O3. The number of aliphatic hydroxyl groups excluding tert-OH is 1. The van der Waals surface area contributed by atoms with Crippen molar-refractivity contribution in [2.75, 3.05) is 13.7 Å². The third-order valence-electron chi connectivity index (χ3n) is 5.08. The van der Waals surface area contributed by atoms with Gasteiger partial charge in [-0.05, 0) is 38.2 Å². The van der Waals surface area contributed by atoms with Crippen molar-refractivity contribution >= 4 is 5.91 Å². The van der Waals surface area contributed by atoms with Gasteiger partial charge in [-0.25, -0.2) is 0 Å². The maximum atomic E-state index is 12.4. The molecule has 6 nitrogen and oxygen atoms in total. The van der Waals surface area contributed by atoms with Crippen LogP contribution in [0.2, 0.25) is 0 Å². The second-order valence-corrected chi connectivity index (χ2v) is 6.77. The standard InChI is InChI=1S/C16H25N3O3/c1-22-14-9-12(3-4-13(14)20)15(21)17-10-16(5-6-16)11-19-8-2-7-18-19/h2,7-8,12-14,20H,3-6,9-11H2,1H3,(H,17,21)/t12-,13+,14-/m1/s1. The second-order valence-electron chi connectivity index (χ2n) is 6.77. The van der Waals surface area contributed by atoms with Gasteiger partial charge in [0, 0.05) is 43.9 Å². The zero-order valence-electron chi connectivity index (χ0n) is 13.1. The number of nitrogens with zero attached hydrogens (tertiary/aromatic N) is 2. The van der Waals surface area contributed by atoms with Gasteiger partial charge in [0.05, 0.1) is 12.2 Å². The molecule has 0 unspecified atom stereocenters. The fourth-order valence-electron chi connectivity index (χ4n) is 3.33. The Bertz CT molecular complexity index is 499. The highest BCUT2D eigenvalue weighted by molar-refractivity contribution is 5.78. The normalized spacial score (nSPS) is 30.0. The predicted octanol–water partition coefficient (Wildman–Crippen LogP) is 0.955. The van der Waals surface area contributed by atoms with Gasteiger partial charge < -0.3 is 15.2 Å². The zero-order valence-corrected chi connectivity index (χ0v) is 13.1. The molecule has 0 radical (unpaired) electrons. The Morgan fingerprint density at radius 2 is 2.32 bits per heavy atom. The van der Waals surface area contributed by atoms with Gasteiger partial charge in [-0.2, -0.15) is 5.10 Å². The van der Waals surface area contributed by atoms with Crippen LogP contribution in [-0.4, -0.2) is 46.7 Å². The van der Waals surface area contributed by atoms with Crippen LogP contribution in [0.1, 0.15) is 32.1 Å². The van der Waals surface area contributed by atoms with E-state index in [1.807, 2.05) is 16.9 Å². The zero-order chi connectivity index (χ0) is 15.6. The molecule has 1 amide bonds. The highest BCUT2D eigenvalue weighted by atomic mass is 16.5. The van der Waals surface area contributed by atoms with E-state index < -0.39 is 6.10 Å². The van der Waals surface area contributed by atoms with Crippen molar-refractivity contribution in [3.05, 3.63) is 18.5 Å². The quantitative estimate of drug-likeness (QED) is 0.820. The van der Waals surface area contributed by atoms with Crippen LogP contribution in [0.4, 0.5) is 0 Å². The molecule has 0 aromatic carbocycles. The second kappa shape index (κ2) is 6.38. The molecule has 0 bridgehead atoms. The van der Waals surface area contributed by atoms with Crippen molar-refractivity contribution in [1.29, 1.82) is 0 Å². The van der Waals surface area contributed by atoms with E-state index in [4.69, 9.17) is 4.74 Å². The van der Waals surface area contributed by atoms with E-state index in [0.717, 1.165) is 25.8 Å². The van der Waals surface area contributed by atoms with Gasteiger partial charge in [0.1, 0.15) is 0 Å². The summed E-state index contributed by atoms with van der Waals surface area (Å²) in [4.78, 5) is 12.4. The number of hydrogen-bond donors (Lipinski definition) is 2. The number of amides is 1. The van der Waals surface area contributed by atoms with Crippen LogP contribution in [-0.2, 0) is 16.1 Å². The van der Waals surface area contributed by atoms with Crippen LogP contribution >= 0.6 is 0 Å². The molecule has 2 saturated carbocycles. The first-order chi connectivity index (χ1) is 10.6. The first-order valence-electron chi connectivity index (χ1n) is 8.08. The van der Waals surface area contributed by atoms with Crippen LogP contribution < -0.4 is 5.32 Å². The molecule has 0 aliphatic heterocycles. The summed E-state index contributed by atoms with van der Waals surface area (Å²) in [6, 6.07) is 1.92. The van der Waals surface area contributed by atoms with Gasteiger partial charge in [0.15, 0.2) is 0 Å². The van der Waals surface area contributed by atoms with E-state index in [2.05, 4.69) is 10.4 Å². The summed E-state index contributed by atoms with van der Waals surface area (Å²) in [5.74, 6) is 0.0505. The Labute approximate surface area is 130 Å². The molecule has 22 heavy (non-hydrogen) atoms. The molecule has 0 spiro atoms. The fourth-order valence-corrected chi connectivity index (χ4v) is 3.33. The van der Waals surface area contributed by atoms with E-state index in [1.54, 1.807) is 13.3 Å². The minimum atomic E-state index is -0.441. The Kier molecular flexibility index (Phi) is 4.49. The lowest BCUT2D eigenvalue weighted by molar-refractivity contribution is -0.130. The SMILES string of the molecule is CO[C@@H]1C[C@H](C(=O)NCC2(Cn3cccn3)CC2)CC[C@@H]1O. The van der Waals surface area contributed by atoms with Crippen molar-refractivity contribution in [3.8, 4) is 0 Å². The number of ether oxygens (including phenoxy) is 1. The van der Waals surface area contributed by atoms with Crippen molar-refractivity contribution in [2.24, 2.45) is 11.3 Å². The van der Waals surface area contributed by atoms with Crippen LogP contribution in [0.5, 0.6) is 0 Å². The number of aliphatic hydroxyl groups is 1. The van der Waals surface area contributed by atoms with Gasteiger partial charge in [-0.1, -0.05) is 0 Å². The number of rotatable bonds is 6. The Balaban J connectivity index is 1.48. The van der Waals surface area contributed by atoms with E-state index in [-0.39, 0.29) is 23.3 Å². The van der Waals surface area contributed by atoms with E-state index in [0.29, 0.717) is 19.4 Å². The molecule has 2 aliphatic rings. The maximum absolute atomic E-state index is 12.4. The molecule has 2 aliphatic carbocycles. The molecule has 2 N–H and O–H groups in total. The first-order valence-corrected chi connectivity index (χ1v) is 8.08. The summed E-state index contributed by atoms with van der Waals surface area (Å²) in [6.45, 7) is 1.58. The third-order valence-corrected chi connectivity index (χ3v) is 5.08. The lowest BCUT2D eigenvalue weighted by Gasteiger charge is -2.31. The minimum Gasteiger partial charge on any atom is -0.390 e. The molecule has 3 atom stereocenters. The topological polar surface area (TPSA) is 76.4 Å². The van der Waals surface area contributed by atoms with Crippen LogP contribution in [0.3, 0.4) is 0 Å². The summed E-state index contributed by atoms with van der Waals surface area (Å²) >= 11 is 0. The molecule has 122 valence electrons. The largest absolute Gasteiger partial charge is 0.390 e. The van der Waals surface area contributed by atoms with Gasteiger partial charge in [-0.3, -0.25) is 9.48 Å². The van der Waals surface area contributed by atoms with E-state index in [9.17, 15) is 9.90 Å². The van der Waals surface area contributed by atoms with Crippen LogP contribution in [0.25, 0.3) is 0 Å². The van der Waals surface area contributed by atoms with Gasteiger partial charge in [0.25, 0.3) is 0 Å². The Morgan fingerprint density at radius 3 is 2.95 bits per heavy atom. The Hall–Kier alpha value is -1.40. The lowest BCUT2D eigenvalue weighted by Crippen LogP contribution is -2.43. The molecule has 1 aromatic heterocycles. The average Bonchev–Trinajstić information content (AvgIpc) is 3.09. The summed E-state index contributed by atoms with van der Waals surface area (Å²) in [5, 5.41) is 17.2. The molecular weight excluding hydrogens is 282 g/mol. The van der Waals surface area contributed by atoms with Crippen molar-refractivity contribution in [2.45, 2.75) is 50.9 Å². The van der Waals surface area contributed by atoms with Crippen LogP contribution in [0, 0.1) is 11.3 Å². The van der Waals surface area contributed by atoms with Crippen molar-refractivity contribution in [1.82, 2.24) is 15.1 Å². The number of carbonyl (C=O) groups excluding carboxylic acids is 1. The molecule has 1 heterocycles. The smallest absolute Gasteiger partial charge is 0.223 e. The molecule has 3 rings (SSSR count). The maximum Gasteiger partial charge on any atom is 0.223 e. The molecule has 0 saturated heterocycles. The van der Waals surface area contributed by atoms with Crippen molar-refractivity contribution < 1.29 is 14.6 Å². The summed E-state index contributed by atoms with van der Waals surface area (Å²) < 4.78 is 7.21. The number of carbonyl (C=O) groups is 1. The minimum absolute atomic E-state index is 0.0474. The number of nitrogens with one attached hydrogen (secondary N) is 1. The highest BCUT2D eigenvalue weighted by Gasteiger charge is 2.44. The fraction of sp³-hybridized carbons (Fsp3) is 0.750. The Morgan fingerprint density at radius 1 is 1.50 bits per heavy atom. The van der Waals surface area contributed by atoms with Crippen LogP contribution in [0.15, 0.2) is 18.5 Å². The third kappa shape index (κ3) is 3.50. The average molecular weight is 307 g/mol. The summed E-state index contributed by atoms with van der Waals surface area (Å²) in [6.07, 6.45) is 7.34. The number of aromatic nitrogens is 2. The first kappa shape index (κ1) is 15.5. The number of hydrogen-bond acceptors (Lipinski definition) is 4. The monoisotopic (exact) mass is 307 g/mol. The number of methoxy groups -OCH3 is 1. The molecule has 2 fully saturated rings. The summed E-state index contributed by atoms with van der Waals surface area (Å²) in [7, 11) is 1.59. The summed E-state index contributed by atoms with van der Waals surface area (Å²) in [5.41, 5.74) is 0.177. The highest BCUT2D eigenvalue weighted by Crippen LogP contribution is 2.46. The lowest BCUT2D eigenvalue weighted by atomic mass is 9.84. The van der Waals surface area contributed by atoms with E-state index in [1.165, 1.54) is 0 Å². The predicted molar refractivity (Wildman–Crippen MR) is 81.0 cm³/mol. The van der Waals surface area contributed by atoms with E-state index >= 15 is 0 Å². The van der Waals surface area contributed by atoms with Crippen molar-refractivity contribution in [3.63, 3.8) is 0 Å². The van der Waals surface area contributed by atoms with Gasteiger partial charge in [0.2, 0.25) is 5.91 Å². The molecule has 6 heteroatoms.